The molecule has 3 aromatic carbocycles. The average molecular weight is 369 g/mol. The van der Waals surface area contributed by atoms with Gasteiger partial charge in [0.1, 0.15) is 5.82 Å². The summed E-state index contributed by atoms with van der Waals surface area (Å²) >= 11 is 0. The fourth-order valence-corrected chi connectivity index (χ4v) is 3.37. The summed E-state index contributed by atoms with van der Waals surface area (Å²) < 4.78 is 2.24. The molecule has 4 rings (SSSR count). The van der Waals surface area contributed by atoms with Gasteiger partial charge in [-0.3, -0.25) is 9.36 Å². The molecule has 1 aromatic heterocycles. The first-order valence-electron chi connectivity index (χ1n) is 9.65. The molecule has 4 heteroatoms. The highest BCUT2D eigenvalue weighted by atomic mass is 16.1. The van der Waals surface area contributed by atoms with Gasteiger partial charge < -0.3 is 5.32 Å². The molecular formula is C24H23N3O. The van der Waals surface area contributed by atoms with E-state index in [1.165, 1.54) is 5.56 Å². The number of carbonyl (C=O) groups is 1. The molecule has 0 aliphatic carbocycles. The lowest BCUT2D eigenvalue weighted by Crippen LogP contribution is -2.09. The zero-order valence-electron chi connectivity index (χ0n) is 15.9. The molecule has 0 saturated heterocycles. The van der Waals surface area contributed by atoms with Gasteiger partial charge in [-0.2, -0.15) is 0 Å². The molecule has 1 amide bonds. The Hall–Kier alpha value is -3.40. The minimum Gasteiger partial charge on any atom is -0.326 e. The number of benzene rings is 3. The van der Waals surface area contributed by atoms with Crippen LogP contribution >= 0.6 is 0 Å². The van der Waals surface area contributed by atoms with E-state index in [-0.39, 0.29) is 5.91 Å². The van der Waals surface area contributed by atoms with E-state index >= 15 is 0 Å². The van der Waals surface area contributed by atoms with Crippen LogP contribution in [-0.4, -0.2) is 15.5 Å². The van der Waals surface area contributed by atoms with Crippen molar-refractivity contribution >= 4 is 22.6 Å². The molecule has 0 radical (unpaired) electrons. The number of rotatable bonds is 6. The number of fused-ring (bicyclic) bond motifs is 1. The van der Waals surface area contributed by atoms with Gasteiger partial charge in [-0.1, -0.05) is 49.4 Å². The second kappa shape index (κ2) is 8.09. The molecule has 0 atom stereocenters. The normalized spacial score (nSPS) is 10.9. The van der Waals surface area contributed by atoms with E-state index in [9.17, 15) is 4.79 Å². The standard InChI is InChI=1S/C24H23N3O/c1-2-24(28)25-19-15-12-18(13-16-19)14-17-23-26-21-10-6-7-11-22(21)27(23)20-8-4-3-5-9-20/h3-13,15-16H,2,14,17H2,1H3,(H,25,28). The number of nitrogens with one attached hydrogen (secondary N) is 1. The lowest BCUT2D eigenvalue weighted by Gasteiger charge is -2.10. The Morgan fingerprint density at radius 1 is 0.893 bits per heavy atom. The number of aromatic nitrogens is 2. The van der Waals surface area contributed by atoms with Crippen molar-refractivity contribution in [3.05, 3.63) is 90.3 Å². The highest BCUT2D eigenvalue weighted by molar-refractivity contribution is 5.90. The maximum atomic E-state index is 11.5. The first-order valence-corrected chi connectivity index (χ1v) is 9.65. The smallest absolute Gasteiger partial charge is 0.224 e. The Balaban J connectivity index is 1.58. The van der Waals surface area contributed by atoms with E-state index in [0.717, 1.165) is 41.1 Å². The Morgan fingerprint density at radius 3 is 2.36 bits per heavy atom. The van der Waals surface area contributed by atoms with Crippen molar-refractivity contribution in [2.75, 3.05) is 5.32 Å². The molecule has 0 saturated carbocycles. The third-order valence-corrected chi connectivity index (χ3v) is 4.84. The Morgan fingerprint density at radius 2 is 1.61 bits per heavy atom. The Labute approximate surface area is 164 Å². The zero-order chi connectivity index (χ0) is 19.3. The summed E-state index contributed by atoms with van der Waals surface area (Å²) in [5, 5.41) is 2.89. The third kappa shape index (κ3) is 3.81. The van der Waals surface area contributed by atoms with E-state index in [1.54, 1.807) is 0 Å². The highest BCUT2D eigenvalue weighted by Gasteiger charge is 2.12. The Kier molecular flexibility index (Phi) is 5.20. The minimum atomic E-state index is 0.0318. The number of hydrogen-bond donors (Lipinski definition) is 1. The summed E-state index contributed by atoms with van der Waals surface area (Å²) in [6.07, 6.45) is 2.21. The molecule has 140 valence electrons. The molecule has 4 nitrogen and oxygen atoms in total. The number of para-hydroxylation sites is 3. The van der Waals surface area contributed by atoms with Gasteiger partial charge in [-0.15, -0.1) is 0 Å². The van der Waals surface area contributed by atoms with Gasteiger partial charge in [0, 0.05) is 24.2 Å². The van der Waals surface area contributed by atoms with E-state index < -0.39 is 0 Å². The number of imidazole rings is 1. The van der Waals surface area contributed by atoms with Crippen LogP contribution in [0.2, 0.25) is 0 Å². The van der Waals surface area contributed by atoms with Crippen LogP contribution in [0.25, 0.3) is 16.7 Å². The van der Waals surface area contributed by atoms with E-state index in [1.807, 2.05) is 31.2 Å². The van der Waals surface area contributed by atoms with Gasteiger partial charge in [0.25, 0.3) is 0 Å². The molecule has 0 aliphatic rings. The fraction of sp³-hybridized carbons (Fsp3) is 0.167. The molecule has 0 bridgehead atoms. The topological polar surface area (TPSA) is 46.9 Å². The summed E-state index contributed by atoms with van der Waals surface area (Å²) in [6.45, 7) is 1.85. The van der Waals surface area contributed by atoms with Gasteiger partial charge >= 0.3 is 0 Å². The molecular weight excluding hydrogens is 346 g/mol. The van der Waals surface area contributed by atoms with Crippen molar-refractivity contribution in [3.8, 4) is 5.69 Å². The predicted octanol–water partition coefficient (Wildman–Crippen LogP) is 5.16. The van der Waals surface area contributed by atoms with E-state index in [0.29, 0.717) is 6.42 Å². The van der Waals surface area contributed by atoms with Crippen molar-refractivity contribution in [1.82, 2.24) is 9.55 Å². The average Bonchev–Trinajstić information content (AvgIpc) is 3.12. The van der Waals surface area contributed by atoms with E-state index in [4.69, 9.17) is 4.98 Å². The van der Waals surface area contributed by atoms with Crippen molar-refractivity contribution in [3.63, 3.8) is 0 Å². The van der Waals surface area contributed by atoms with Gasteiger partial charge in [0.15, 0.2) is 0 Å². The van der Waals surface area contributed by atoms with Crippen molar-refractivity contribution in [2.45, 2.75) is 26.2 Å². The first-order chi connectivity index (χ1) is 13.7. The second-order valence-electron chi connectivity index (χ2n) is 6.79. The SMILES string of the molecule is CCC(=O)Nc1ccc(CCc2nc3ccccc3n2-c2ccccc2)cc1. The molecule has 0 fully saturated rings. The van der Waals surface area contributed by atoms with Crippen molar-refractivity contribution < 1.29 is 4.79 Å². The first kappa shape index (κ1) is 18.0. The number of aryl methyl sites for hydroxylation is 2. The van der Waals surface area contributed by atoms with Crippen molar-refractivity contribution in [1.29, 1.82) is 0 Å². The van der Waals surface area contributed by atoms with Gasteiger partial charge in [0.05, 0.1) is 11.0 Å². The summed E-state index contributed by atoms with van der Waals surface area (Å²) in [7, 11) is 0. The monoisotopic (exact) mass is 369 g/mol. The minimum absolute atomic E-state index is 0.0318. The van der Waals surface area contributed by atoms with Crippen LogP contribution in [0.4, 0.5) is 5.69 Å². The van der Waals surface area contributed by atoms with Crippen molar-refractivity contribution in [2.24, 2.45) is 0 Å². The van der Waals surface area contributed by atoms with Crippen LogP contribution < -0.4 is 5.32 Å². The number of hydrogen-bond acceptors (Lipinski definition) is 2. The predicted molar refractivity (Wildman–Crippen MR) is 114 cm³/mol. The number of anilines is 1. The number of amides is 1. The van der Waals surface area contributed by atoms with Crippen LogP contribution in [0.15, 0.2) is 78.9 Å². The summed E-state index contributed by atoms with van der Waals surface area (Å²) in [6, 6.07) is 26.7. The van der Waals surface area contributed by atoms with Crippen LogP contribution in [-0.2, 0) is 17.6 Å². The molecule has 1 heterocycles. The maximum absolute atomic E-state index is 11.5. The summed E-state index contributed by atoms with van der Waals surface area (Å²) in [5.41, 5.74) is 5.33. The molecule has 28 heavy (non-hydrogen) atoms. The van der Waals surface area contributed by atoms with Gasteiger partial charge in [0.2, 0.25) is 5.91 Å². The molecule has 1 N–H and O–H groups in total. The summed E-state index contributed by atoms with van der Waals surface area (Å²) in [4.78, 5) is 16.4. The third-order valence-electron chi connectivity index (χ3n) is 4.84. The second-order valence-corrected chi connectivity index (χ2v) is 6.79. The van der Waals surface area contributed by atoms with Crippen LogP contribution in [0.1, 0.15) is 24.7 Å². The largest absolute Gasteiger partial charge is 0.326 e. The summed E-state index contributed by atoms with van der Waals surface area (Å²) in [5.74, 6) is 1.08. The van der Waals surface area contributed by atoms with Gasteiger partial charge in [-0.25, -0.2) is 4.98 Å². The fourth-order valence-electron chi connectivity index (χ4n) is 3.37. The molecule has 0 aliphatic heterocycles. The Bertz CT molecular complexity index is 1080. The highest BCUT2D eigenvalue weighted by Crippen LogP contribution is 2.22. The van der Waals surface area contributed by atoms with Crippen LogP contribution in [0, 0.1) is 0 Å². The van der Waals surface area contributed by atoms with Crippen LogP contribution in [0.5, 0.6) is 0 Å². The number of nitrogens with zero attached hydrogens (tertiary/aromatic N) is 2. The zero-order valence-corrected chi connectivity index (χ0v) is 15.9. The lowest BCUT2D eigenvalue weighted by atomic mass is 10.1. The lowest BCUT2D eigenvalue weighted by molar-refractivity contribution is -0.115. The van der Waals surface area contributed by atoms with Crippen LogP contribution in [0.3, 0.4) is 0 Å². The molecule has 4 aromatic rings. The maximum Gasteiger partial charge on any atom is 0.224 e. The van der Waals surface area contributed by atoms with Gasteiger partial charge in [-0.05, 0) is 48.4 Å². The molecule has 0 spiro atoms. The molecule has 0 unspecified atom stereocenters. The van der Waals surface area contributed by atoms with E-state index in [2.05, 4.69) is 64.5 Å². The quantitative estimate of drug-likeness (QED) is 0.510. The number of carbonyl (C=O) groups excluding carboxylic acids is 1.